The molecule has 1 atom stereocenters. The summed E-state index contributed by atoms with van der Waals surface area (Å²) in [6.45, 7) is 0.0881. The number of rotatable bonds is 11. The van der Waals surface area contributed by atoms with Crippen LogP contribution in [0.5, 0.6) is 11.5 Å². The monoisotopic (exact) mass is 639 g/mol. The zero-order valence-electron chi connectivity index (χ0n) is 26.2. The van der Waals surface area contributed by atoms with Crippen molar-refractivity contribution in [1.29, 1.82) is 0 Å². The number of carbonyl (C=O) groups is 1. The Hall–Kier alpha value is -5.56. The van der Waals surface area contributed by atoms with E-state index in [1.165, 1.54) is 36.7 Å². The fourth-order valence-corrected chi connectivity index (χ4v) is 5.02. The number of aromatic nitrogens is 2. The molecule has 4 N–H and O–H groups in total. The third-order valence-electron chi connectivity index (χ3n) is 7.63. The zero-order valence-corrected chi connectivity index (χ0v) is 26.2. The molecule has 12 heteroatoms. The van der Waals surface area contributed by atoms with Gasteiger partial charge in [-0.15, -0.1) is 0 Å². The fourth-order valence-electron chi connectivity index (χ4n) is 5.02. The number of carbonyl (C=O) groups excluding carboxylic acids is 1. The molecule has 0 bridgehead atoms. The lowest BCUT2D eigenvalue weighted by Crippen LogP contribution is -2.35. The lowest BCUT2D eigenvalue weighted by atomic mass is 10.0. The van der Waals surface area contributed by atoms with Gasteiger partial charge in [0.1, 0.15) is 17.2 Å². The summed E-state index contributed by atoms with van der Waals surface area (Å²) in [4.78, 5) is 37.6. The number of amides is 1. The average Bonchev–Trinajstić information content (AvgIpc) is 3.08. The number of nitrogen functional groups attached to an aromatic ring is 1. The Morgan fingerprint density at radius 3 is 2.19 bits per heavy atom. The first-order valence-electron chi connectivity index (χ1n) is 14.5. The van der Waals surface area contributed by atoms with Crippen molar-refractivity contribution in [2.75, 3.05) is 39.4 Å². The molecule has 0 aliphatic rings. The first-order chi connectivity index (χ1) is 22.6. The van der Waals surface area contributed by atoms with Crippen molar-refractivity contribution in [3.63, 3.8) is 0 Å². The van der Waals surface area contributed by atoms with Gasteiger partial charge >= 0.3 is 0 Å². The van der Waals surface area contributed by atoms with Crippen LogP contribution in [0.3, 0.4) is 0 Å². The molecule has 0 aliphatic carbocycles. The smallest absolute Gasteiger partial charge is 0.261 e. The van der Waals surface area contributed by atoms with Gasteiger partial charge in [-0.3, -0.25) is 19.7 Å². The van der Waals surface area contributed by atoms with Crippen LogP contribution in [0.1, 0.15) is 10.4 Å². The van der Waals surface area contributed by atoms with Gasteiger partial charge in [0.25, 0.3) is 5.91 Å². The van der Waals surface area contributed by atoms with Gasteiger partial charge < -0.3 is 25.1 Å². The highest BCUT2D eigenvalue weighted by Gasteiger charge is 2.20. The Morgan fingerprint density at radius 1 is 0.915 bits per heavy atom. The van der Waals surface area contributed by atoms with E-state index in [1.54, 1.807) is 68.2 Å². The van der Waals surface area contributed by atoms with E-state index in [-0.39, 0.29) is 17.7 Å². The minimum atomic E-state index is -0.769. The Balaban J connectivity index is 1.43. The third-order valence-corrected chi connectivity index (χ3v) is 7.63. The number of nitrogens with zero attached hydrogens (tertiary/aromatic N) is 3. The quantitative estimate of drug-likeness (QED) is 0.0955. The number of hydrogen-bond donors (Lipinski definition) is 3. The number of hydrogen-bond acceptors (Lipinski definition) is 9. The molecule has 242 valence electrons. The standard InChI is InChI=1S/C35H34FN5O6/c1-40(2)32(47-44)20-41-18-28(22-5-10-25(36)11-6-22)33(42)29(19-41)35(43)39-26-12-7-21(8-13-26)27-15-24(17-38-34(27)37)23-9-14-30(45-3)31(16-23)46-4/h5-19,32,44H,20H2,1-4H3,(H2,37,38)(H,39,43). The molecule has 11 nitrogen and oxygen atoms in total. The van der Waals surface area contributed by atoms with E-state index in [4.69, 9.17) is 15.2 Å². The fraction of sp³-hybridized carbons (Fsp3) is 0.171. The number of methoxy groups -OCH3 is 2. The molecule has 5 rings (SSSR count). The maximum atomic E-state index is 13.6. The molecular formula is C35H34FN5O6. The Morgan fingerprint density at radius 2 is 1.55 bits per heavy atom. The molecule has 0 spiro atoms. The van der Waals surface area contributed by atoms with Crippen molar-refractivity contribution in [1.82, 2.24) is 14.5 Å². The first-order valence-corrected chi connectivity index (χ1v) is 14.5. The molecule has 0 radical (unpaired) electrons. The van der Waals surface area contributed by atoms with E-state index >= 15 is 0 Å². The van der Waals surface area contributed by atoms with Gasteiger partial charge in [-0.05, 0) is 73.3 Å². The maximum Gasteiger partial charge on any atom is 0.261 e. The van der Waals surface area contributed by atoms with Crippen molar-refractivity contribution in [3.05, 3.63) is 113 Å². The van der Waals surface area contributed by atoms with Gasteiger partial charge in [0.2, 0.25) is 5.43 Å². The Bertz CT molecular complexity index is 1940. The Kier molecular flexibility index (Phi) is 9.95. The van der Waals surface area contributed by atoms with Crippen LogP contribution in [0.4, 0.5) is 15.9 Å². The highest BCUT2D eigenvalue weighted by atomic mass is 19.1. The van der Waals surface area contributed by atoms with Gasteiger partial charge in [-0.25, -0.2) is 14.3 Å². The van der Waals surface area contributed by atoms with E-state index in [0.717, 1.165) is 16.7 Å². The SMILES string of the molecule is COc1ccc(-c2cnc(N)c(-c3ccc(NC(=O)c4cn(CC(OO)N(C)C)cc(-c5ccc(F)cc5)c4=O)cc3)c2)cc1OC. The highest BCUT2D eigenvalue weighted by Crippen LogP contribution is 2.35. The molecule has 1 unspecified atom stereocenters. The van der Waals surface area contributed by atoms with Crippen molar-refractivity contribution >= 4 is 17.4 Å². The summed E-state index contributed by atoms with van der Waals surface area (Å²) in [5, 5.41) is 12.2. The van der Waals surface area contributed by atoms with E-state index in [1.807, 2.05) is 24.3 Å². The minimum absolute atomic E-state index is 0.0881. The number of likely N-dealkylation sites (N-methyl/N-ethyl adjacent to an activating group) is 1. The summed E-state index contributed by atoms with van der Waals surface area (Å²) in [6, 6.07) is 19.8. The van der Waals surface area contributed by atoms with Crippen LogP contribution in [0.25, 0.3) is 33.4 Å². The van der Waals surface area contributed by atoms with Crippen molar-refractivity contribution in [2.45, 2.75) is 12.8 Å². The van der Waals surface area contributed by atoms with Gasteiger partial charge in [0.15, 0.2) is 17.7 Å². The van der Waals surface area contributed by atoms with Gasteiger partial charge in [0, 0.05) is 41.0 Å². The van der Waals surface area contributed by atoms with Crippen LogP contribution in [-0.2, 0) is 11.4 Å². The lowest BCUT2D eigenvalue weighted by Gasteiger charge is -2.22. The van der Waals surface area contributed by atoms with E-state index in [2.05, 4.69) is 15.2 Å². The Labute approximate surface area is 270 Å². The predicted molar refractivity (Wildman–Crippen MR) is 178 cm³/mol. The van der Waals surface area contributed by atoms with Crippen LogP contribution in [0.15, 0.2) is 96.2 Å². The van der Waals surface area contributed by atoms with E-state index < -0.39 is 23.4 Å². The van der Waals surface area contributed by atoms with Crippen molar-refractivity contribution < 1.29 is 28.8 Å². The third kappa shape index (κ3) is 7.31. The molecule has 2 heterocycles. The number of nitrogens with one attached hydrogen (secondary N) is 1. The molecule has 1 amide bonds. The first kappa shape index (κ1) is 32.8. The summed E-state index contributed by atoms with van der Waals surface area (Å²) in [5.41, 5.74) is 9.72. The summed E-state index contributed by atoms with van der Waals surface area (Å²) in [6.07, 6.45) is 3.83. The molecule has 2 aromatic heterocycles. The van der Waals surface area contributed by atoms with Crippen LogP contribution < -0.4 is 26.0 Å². The van der Waals surface area contributed by atoms with Gasteiger partial charge in [-0.2, -0.15) is 0 Å². The number of halogens is 1. The highest BCUT2D eigenvalue weighted by molar-refractivity contribution is 6.04. The normalized spacial score (nSPS) is 11.7. The molecule has 5 aromatic rings. The molecule has 0 aliphatic heterocycles. The van der Waals surface area contributed by atoms with Crippen LogP contribution in [-0.4, -0.2) is 60.2 Å². The summed E-state index contributed by atoms with van der Waals surface area (Å²) in [7, 11) is 6.55. The molecule has 0 fully saturated rings. The van der Waals surface area contributed by atoms with Gasteiger partial charge in [-0.1, -0.05) is 30.3 Å². The van der Waals surface area contributed by atoms with Crippen LogP contribution in [0, 0.1) is 5.82 Å². The predicted octanol–water partition coefficient (Wildman–Crippen LogP) is 5.61. The second kappa shape index (κ2) is 14.3. The van der Waals surface area contributed by atoms with Gasteiger partial charge in [0.05, 0.1) is 20.8 Å². The second-order valence-corrected chi connectivity index (χ2v) is 10.9. The molecular weight excluding hydrogens is 605 g/mol. The number of benzene rings is 3. The second-order valence-electron chi connectivity index (χ2n) is 10.9. The summed E-state index contributed by atoms with van der Waals surface area (Å²) in [5.74, 6) is 0.404. The van der Waals surface area contributed by atoms with Crippen LogP contribution in [0.2, 0.25) is 0 Å². The average molecular weight is 640 g/mol. The summed E-state index contributed by atoms with van der Waals surface area (Å²) >= 11 is 0. The van der Waals surface area contributed by atoms with E-state index in [9.17, 15) is 19.2 Å². The largest absolute Gasteiger partial charge is 0.493 e. The number of ether oxygens (including phenoxy) is 2. The van der Waals surface area contributed by atoms with Crippen molar-refractivity contribution in [3.8, 4) is 44.9 Å². The number of anilines is 2. The topological polar surface area (TPSA) is 141 Å². The lowest BCUT2D eigenvalue weighted by molar-refractivity contribution is -0.310. The minimum Gasteiger partial charge on any atom is -0.493 e. The maximum absolute atomic E-state index is 13.6. The van der Waals surface area contributed by atoms with Crippen LogP contribution >= 0.6 is 0 Å². The molecule has 0 saturated carbocycles. The molecule has 0 saturated heterocycles. The number of pyridine rings is 2. The van der Waals surface area contributed by atoms with E-state index in [0.29, 0.717) is 34.1 Å². The zero-order chi connectivity index (χ0) is 33.7. The molecule has 3 aromatic carbocycles. The summed E-state index contributed by atoms with van der Waals surface area (Å²) < 4.78 is 26.0. The molecule has 47 heavy (non-hydrogen) atoms. The number of nitrogens with two attached hydrogens (primary N) is 1. The van der Waals surface area contributed by atoms with Crippen molar-refractivity contribution in [2.24, 2.45) is 0 Å².